The van der Waals surface area contributed by atoms with Gasteiger partial charge in [-0.3, -0.25) is 9.20 Å². The van der Waals surface area contributed by atoms with Crippen molar-refractivity contribution >= 4 is 26.1 Å². The van der Waals surface area contributed by atoms with E-state index < -0.39 is 9.84 Å². The quantitative estimate of drug-likeness (QED) is 0.708. The van der Waals surface area contributed by atoms with Gasteiger partial charge < -0.3 is 4.57 Å². The fourth-order valence-electron chi connectivity index (χ4n) is 2.10. The molecule has 7 nitrogen and oxygen atoms in total. The third-order valence-electron chi connectivity index (χ3n) is 2.97. The van der Waals surface area contributed by atoms with Crippen molar-refractivity contribution in [2.45, 2.75) is 18.6 Å². The van der Waals surface area contributed by atoms with Crippen LogP contribution in [0.15, 0.2) is 33.8 Å². The molecule has 0 aliphatic carbocycles. The van der Waals surface area contributed by atoms with Crippen molar-refractivity contribution in [3.63, 3.8) is 0 Å². The second-order valence-electron chi connectivity index (χ2n) is 4.69. The van der Waals surface area contributed by atoms with Crippen LogP contribution in [0.25, 0.3) is 4.96 Å². The van der Waals surface area contributed by atoms with Crippen LogP contribution in [0.5, 0.6) is 0 Å². The summed E-state index contributed by atoms with van der Waals surface area (Å²) in [7, 11) is -3.42. The van der Waals surface area contributed by atoms with Crippen LogP contribution < -0.4 is 5.56 Å². The van der Waals surface area contributed by atoms with Gasteiger partial charge in [-0.05, 0) is 6.92 Å². The minimum Gasteiger partial charge on any atom is -0.316 e. The number of rotatable bonds is 3. The van der Waals surface area contributed by atoms with Gasteiger partial charge in [0.1, 0.15) is 0 Å². The number of nitrogens with zero attached hydrogens (tertiary/aromatic N) is 4. The van der Waals surface area contributed by atoms with Gasteiger partial charge in [-0.1, -0.05) is 0 Å². The summed E-state index contributed by atoms with van der Waals surface area (Å²) in [6, 6.07) is 1.42. The van der Waals surface area contributed by atoms with E-state index in [0.717, 1.165) is 11.9 Å². The summed E-state index contributed by atoms with van der Waals surface area (Å²) in [5, 5.41) is 1.82. The van der Waals surface area contributed by atoms with Crippen molar-refractivity contribution in [3.8, 4) is 0 Å². The first-order valence-corrected chi connectivity index (χ1v) is 8.81. The second-order valence-corrected chi connectivity index (χ2v) is 7.44. The molecule has 0 saturated carbocycles. The molecule has 3 aromatic heterocycles. The van der Waals surface area contributed by atoms with Crippen LogP contribution in [0.1, 0.15) is 11.4 Å². The number of imidazole rings is 1. The highest BCUT2D eigenvalue weighted by Gasteiger charge is 2.15. The molecule has 9 heteroatoms. The molecule has 3 aromatic rings. The average Bonchev–Trinajstić information content (AvgIpc) is 2.96. The summed E-state index contributed by atoms with van der Waals surface area (Å²) in [6.45, 7) is 2.02. The van der Waals surface area contributed by atoms with Crippen molar-refractivity contribution in [2.75, 3.05) is 6.26 Å². The third kappa shape index (κ3) is 2.49. The molecule has 0 saturated heterocycles. The zero-order chi connectivity index (χ0) is 15.2. The van der Waals surface area contributed by atoms with Crippen LogP contribution >= 0.6 is 11.3 Å². The van der Waals surface area contributed by atoms with E-state index in [1.54, 1.807) is 6.20 Å². The van der Waals surface area contributed by atoms with Gasteiger partial charge in [0.05, 0.1) is 12.2 Å². The van der Waals surface area contributed by atoms with Crippen molar-refractivity contribution in [2.24, 2.45) is 0 Å². The first-order valence-electron chi connectivity index (χ1n) is 6.04. The highest BCUT2D eigenvalue weighted by Crippen LogP contribution is 2.13. The molecule has 0 amide bonds. The van der Waals surface area contributed by atoms with Crippen molar-refractivity contribution < 1.29 is 8.42 Å². The van der Waals surface area contributed by atoms with Gasteiger partial charge in [0.2, 0.25) is 15.0 Å². The third-order valence-corrected chi connectivity index (χ3v) is 4.92. The molecule has 0 radical (unpaired) electrons. The van der Waals surface area contributed by atoms with E-state index in [2.05, 4.69) is 9.97 Å². The summed E-state index contributed by atoms with van der Waals surface area (Å²) in [6.07, 6.45) is 4.07. The van der Waals surface area contributed by atoms with Gasteiger partial charge >= 0.3 is 0 Å². The Morgan fingerprint density at radius 1 is 1.38 bits per heavy atom. The number of aryl methyl sites for hydroxylation is 1. The molecule has 0 spiro atoms. The molecule has 0 aromatic carbocycles. The topological polar surface area (TPSA) is 86.3 Å². The lowest BCUT2D eigenvalue weighted by molar-refractivity contribution is 0.577. The Morgan fingerprint density at radius 2 is 2.14 bits per heavy atom. The largest absolute Gasteiger partial charge is 0.316 e. The lowest BCUT2D eigenvalue weighted by Crippen LogP contribution is -2.17. The molecule has 0 N–H and O–H groups in total. The molecule has 110 valence electrons. The van der Waals surface area contributed by atoms with E-state index in [4.69, 9.17) is 0 Å². The summed E-state index contributed by atoms with van der Waals surface area (Å²) in [5.74, 6) is 0. The molecule has 0 atom stereocenters. The maximum atomic E-state index is 12.1. The lowest BCUT2D eigenvalue weighted by Gasteiger charge is -2.06. The van der Waals surface area contributed by atoms with Gasteiger partial charge in [0, 0.05) is 35.8 Å². The van der Waals surface area contributed by atoms with Gasteiger partial charge in [-0.2, -0.15) is 0 Å². The Hall–Kier alpha value is -2.00. The molecule has 0 aliphatic rings. The van der Waals surface area contributed by atoms with Crippen LogP contribution in [0.4, 0.5) is 0 Å². The summed E-state index contributed by atoms with van der Waals surface area (Å²) in [5.41, 5.74) is 1.16. The van der Waals surface area contributed by atoms with Crippen LogP contribution in [-0.2, 0) is 16.4 Å². The van der Waals surface area contributed by atoms with E-state index in [0.29, 0.717) is 10.7 Å². The minimum absolute atomic E-state index is 0.0353. The molecule has 0 bridgehead atoms. The smallest absolute Gasteiger partial charge is 0.259 e. The number of thiazole rings is 1. The van der Waals surface area contributed by atoms with E-state index in [1.165, 1.54) is 32.6 Å². The van der Waals surface area contributed by atoms with Crippen LogP contribution in [0.2, 0.25) is 0 Å². The predicted octanol–water partition coefficient (Wildman–Crippen LogP) is 0.713. The van der Waals surface area contributed by atoms with Crippen LogP contribution in [0.3, 0.4) is 0 Å². The predicted molar refractivity (Wildman–Crippen MR) is 78.5 cm³/mol. The maximum Gasteiger partial charge on any atom is 0.259 e. The fourth-order valence-corrected chi connectivity index (χ4v) is 3.80. The first kappa shape index (κ1) is 14.0. The number of hydrogen-bond acceptors (Lipinski definition) is 6. The number of hydrogen-bond donors (Lipinski definition) is 0. The Bertz CT molecular complexity index is 982. The summed E-state index contributed by atoms with van der Waals surface area (Å²) >= 11 is 1.37. The highest BCUT2D eigenvalue weighted by molar-refractivity contribution is 7.90. The zero-order valence-corrected chi connectivity index (χ0v) is 13.0. The van der Waals surface area contributed by atoms with Crippen LogP contribution in [0, 0.1) is 6.92 Å². The average molecular weight is 324 g/mol. The normalized spacial score (nSPS) is 12.1. The van der Waals surface area contributed by atoms with Gasteiger partial charge in [0.25, 0.3) is 5.56 Å². The summed E-state index contributed by atoms with van der Waals surface area (Å²) < 4.78 is 26.2. The van der Waals surface area contributed by atoms with Gasteiger partial charge in [-0.25, -0.2) is 18.4 Å². The molecule has 3 rings (SSSR count). The monoisotopic (exact) mass is 324 g/mol. The molecular formula is C12H12N4O3S2. The van der Waals surface area contributed by atoms with Crippen molar-refractivity contribution in [3.05, 3.63) is 45.6 Å². The zero-order valence-electron chi connectivity index (χ0n) is 11.3. The van der Waals surface area contributed by atoms with Crippen molar-refractivity contribution in [1.82, 2.24) is 18.9 Å². The summed E-state index contributed by atoms with van der Waals surface area (Å²) in [4.78, 5) is 20.9. The number of aromatic nitrogens is 4. The molecule has 0 fully saturated rings. The number of sulfone groups is 1. The molecule has 0 aliphatic heterocycles. The van der Waals surface area contributed by atoms with E-state index in [9.17, 15) is 13.2 Å². The van der Waals surface area contributed by atoms with Gasteiger partial charge in [-0.15, -0.1) is 11.3 Å². The van der Waals surface area contributed by atoms with Gasteiger partial charge in [0.15, 0.2) is 4.96 Å². The Morgan fingerprint density at radius 3 is 2.86 bits per heavy atom. The molecule has 0 unspecified atom stereocenters. The second kappa shape index (κ2) is 4.78. The Labute approximate surface area is 124 Å². The van der Waals surface area contributed by atoms with Crippen molar-refractivity contribution in [1.29, 1.82) is 0 Å². The standard InChI is InChI=1S/C12H12N4O3S2/c1-8-7-20-11-14-9(5-10(17)16(8)11)6-15-4-3-13-12(15)21(2,18)19/h3-5,7H,6H2,1-2H3. The first-order chi connectivity index (χ1) is 9.86. The minimum atomic E-state index is -3.42. The molecule has 21 heavy (non-hydrogen) atoms. The maximum absolute atomic E-state index is 12.1. The fraction of sp³-hybridized carbons (Fsp3) is 0.250. The molecular weight excluding hydrogens is 312 g/mol. The highest BCUT2D eigenvalue weighted by atomic mass is 32.2. The van der Waals surface area contributed by atoms with E-state index >= 15 is 0 Å². The van der Waals surface area contributed by atoms with E-state index in [-0.39, 0.29) is 17.3 Å². The Balaban J connectivity index is 2.07. The van der Waals surface area contributed by atoms with E-state index in [1.807, 2.05) is 12.3 Å². The lowest BCUT2D eigenvalue weighted by atomic mass is 10.4. The Kier molecular flexibility index (Phi) is 3.18. The number of fused-ring (bicyclic) bond motifs is 1. The van der Waals surface area contributed by atoms with Crippen LogP contribution in [-0.4, -0.2) is 33.6 Å². The molecule has 3 heterocycles. The SMILES string of the molecule is Cc1csc2nc(Cn3ccnc3S(C)(=O)=O)cc(=O)n12.